The first kappa shape index (κ1) is 26.0. The largest absolute Gasteiger partial charge is 0.508 e. The molecule has 4 rings (SSSR count). The Bertz CT molecular complexity index is 690. The number of phenols is 3. The maximum atomic E-state index is 8.63. The Morgan fingerprint density at radius 2 is 0.586 bits per heavy atom. The summed E-state index contributed by atoms with van der Waals surface area (Å²) in [6, 6.07) is 36.0. The molecule has 4 aromatic rings. The first-order chi connectivity index (χ1) is 13.6. The molecule has 3 N–H and O–H groups in total. The molecule has 0 aromatic heterocycles. The monoisotopic (exact) mass is 463 g/mol. The molecular weight excluding hydrogens is 439 g/mol. The van der Waals surface area contributed by atoms with Crippen LogP contribution >= 0.6 is 0 Å². The molecule has 0 fully saturated rings. The second kappa shape index (κ2) is 17.2. The van der Waals surface area contributed by atoms with Crippen LogP contribution in [0.15, 0.2) is 121 Å². The van der Waals surface area contributed by atoms with E-state index in [9.17, 15) is 0 Å². The van der Waals surface area contributed by atoms with Gasteiger partial charge in [0.05, 0.1) is 0 Å². The minimum absolute atomic E-state index is 0. The van der Waals surface area contributed by atoms with E-state index in [2.05, 4.69) is 6.92 Å². The average molecular weight is 465 g/mol. The summed E-state index contributed by atoms with van der Waals surface area (Å²) in [4.78, 5) is 0. The summed E-state index contributed by atoms with van der Waals surface area (Å²) >= 11 is 0. The number of benzene rings is 4. The second-order valence-corrected chi connectivity index (χ2v) is 5.49. The van der Waals surface area contributed by atoms with Gasteiger partial charge in [-0.15, -0.1) is 12.1 Å². The smallest absolute Gasteiger partial charge is 0.115 e. The number of para-hydroxylation sites is 3. The fourth-order valence-electron chi connectivity index (χ4n) is 1.76. The molecule has 0 aliphatic heterocycles. The van der Waals surface area contributed by atoms with Gasteiger partial charge < -0.3 is 15.3 Å². The zero-order valence-electron chi connectivity index (χ0n) is 16.1. The van der Waals surface area contributed by atoms with Gasteiger partial charge in [-0.05, 0) is 36.4 Å². The first-order valence-corrected chi connectivity index (χ1v) is 8.67. The average Bonchev–Trinajstić information content (AvgIpc) is 2.72. The maximum Gasteiger partial charge on any atom is 0.115 e. The van der Waals surface area contributed by atoms with Crippen LogP contribution in [0.2, 0.25) is 0 Å². The van der Waals surface area contributed by atoms with E-state index in [4.69, 9.17) is 15.3 Å². The molecule has 0 unspecified atom stereocenters. The molecular formula is C25H25O3Zr-. The van der Waals surface area contributed by atoms with Gasteiger partial charge in [-0.1, -0.05) is 60.7 Å². The molecule has 148 valence electrons. The van der Waals surface area contributed by atoms with Crippen LogP contribution in [0.3, 0.4) is 0 Å². The number of rotatable bonds is 0. The second-order valence-electron chi connectivity index (χ2n) is 5.49. The zero-order valence-corrected chi connectivity index (χ0v) is 18.6. The van der Waals surface area contributed by atoms with Crippen molar-refractivity contribution in [3.8, 4) is 17.2 Å². The Balaban J connectivity index is 0.000000356. The predicted molar refractivity (Wildman–Crippen MR) is 115 cm³/mol. The van der Waals surface area contributed by atoms with Gasteiger partial charge in [-0.25, -0.2) is 0 Å². The molecule has 4 aromatic carbocycles. The molecule has 3 nitrogen and oxygen atoms in total. The Morgan fingerprint density at radius 3 is 0.690 bits per heavy atom. The van der Waals surface area contributed by atoms with Crippen LogP contribution in [0.5, 0.6) is 17.2 Å². The summed E-state index contributed by atoms with van der Waals surface area (Å²) in [5.74, 6) is 0.965. The maximum absolute atomic E-state index is 8.63. The van der Waals surface area contributed by atoms with E-state index in [1.165, 1.54) is 0 Å². The van der Waals surface area contributed by atoms with Gasteiger partial charge in [0.25, 0.3) is 0 Å². The SMILES string of the molecule is Oc1ccccc1.Oc1ccccc1.Oc1ccccc1.[CH2-]c1ccccc1.[Zr]. The van der Waals surface area contributed by atoms with Crippen LogP contribution in [0.1, 0.15) is 5.56 Å². The number of hydrogen-bond donors (Lipinski definition) is 3. The van der Waals surface area contributed by atoms with Crippen LogP contribution in [0.4, 0.5) is 0 Å². The number of phenolic OH excluding ortho intramolecular Hbond substituents is 3. The van der Waals surface area contributed by atoms with Crippen LogP contribution in [0.25, 0.3) is 0 Å². The molecule has 0 amide bonds. The molecule has 0 aliphatic rings. The number of aromatic hydroxyl groups is 3. The molecule has 0 spiro atoms. The van der Waals surface area contributed by atoms with Gasteiger partial charge in [-0.2, -0.15) is 24.6 Å². The normalized spacial score (nSPS) is 8.28. The number of hydrogen-bond acceptors (Lipinski definition) is 3. The van der Waals surface area contributed by atoms with Gasteiger partial charge in [0.2, 0.25) is 0 Å². The van der Waals surface area contributed by atoms with Crippen LogP contribution < -0.4 is 0 Å². The van der Waals surface area contributed by atoms with E-state index >= 15 is 0 Å². The molecule has 0 heterocycles. The van der Waals surface area contributed by atoms with E-state index in [0.29, 0.717) is 17.2 Å². The van der Waals surface area contributed by atoms with Crippen molar-refractivity contribution in [3.63, 3.8) is 0 Å². The van der Waals surface area contributed by atoms with Crippen molar-refractivity contribution in [2.45, 2.75) is 0 Å². The van der Waals surface area contributed by atoms with Crippen molar-refractivity contribution in [1.29, 1.82) is 0 Å². The van der Waals surface area contributed by atoms with E-state index in [1.54, 1.807) is 72.8 Å². The fourth-order valence-corrected chi connectivity index (χ4v) is 1.76. The Kier molecular flexibility index (Phi) is 15.4. The van der Waals surface area contributed by atoms with Crippen molar-refractivity contribution < 1.29 is 41.5 Å². The van der Waals surface area contributed by atoms with E-state index in [1.807, 2.05) is 48.5 Å². The molecule has 0 atom stereocenters. The molecule has 0 bridgehead atoms. The summed E-state index contributed by atoms with van der Waals surface area (Å²) in [7, 11) is 0. The summed E-state index contributed by atoms with van der Waals surface area (Å²) in [6.45, 7) is 3.72. The quantitative estimate of drug-likeness (QED) is 0.278. The van der Waals surface area contributed by atoms with Crippen LogP contribution in [0, 0.1) is 6.92 Å². The van der Waals surface area contributed by atoms with Gasteiger partial charge in [0.15, 0.2) is 0 Å². The van der Waals surface area contributed by atoms with Crippen molar-refractivity contribution in [2.24, 2.45) is 0 Å². The third kappa shape index (κ3) is 15.8. The minimum atomic E-state index is 0. The van der Waals surface area contributed by atoms with Crippen LogP contribution in [-0.2, 0) is 26.2 Å². The standard InChI is InChI=1S/C7H7.3C6H6O.Zr/c1-7-5-3-2-4-6-7;3*7-6-4-2-1-3-5-6;/h2-6H,1H2;3*1-5,7H;/q-1;;;;. The third-order valence-electron chi connectivity index (χ3n) is 3.11. The van der Waals surface area contributed by atoms with Crippen molar-refractivity contribution in [3.05, 3.63) is 134 Å². The zero-order chi connectivity index (χ0) is 20.5. The molecule has 4 heteroatoms. The Labute approximate surface area is 192 Å². The van der Waals surface area contributed by atoms with Crippen molar-refractivity contribution in [1.82, 2.24) is 0 Å². The summed E-state index contributed by atoms with van der Waals surface area (Å²) in [5.41, 5.74) is 1.07. The molecule has 0 aliphatic carbocycles. The molecule has 0 radical (unpaired) electrons. The van der Waals surface area contributed by atoms with Crippen molar-refractivity contribution in [2.75, 3.05) is 0 Å². The van der Waals surface area contributed by atoms with Gasteiger partial charge in [0, 0.05) is 26.2 Å². The van der Waals surface area contributed by atoms with E-state index < -0.39 is 0 Å². The van der Waals surface area contributed by atoms with E-state index in [-0.39, 0.29) is 26.2 Å². The van der Waals surface area contributed by atoms with Gasteiger partial charge in [0.1, 0.15) is 17.2 Å². The van der Waals surface area contributed by atoms with Gasteiger partial charge >= 0.3 is 0 Å². The Morgan fingerprint density at radius 1 is 0.379 bits per heavy atom. The summed E-state index contributed by atoms with van der Waals surface area (Å²) < 4.78 is 0. The summed E-state index contributed by atoms with van der Waals surface area (Å²) in [6.07, 6.45) is 0. The third-order valence-corrected chi connectivity index (χ3v) is 3.11. The molecule has 0 saturated carbocycles. The van der Waals surface area contributed by atoms with E-state index in [0.717, 1.165) is 5.56 Å². The molecule has 0 saturated heterocycles. The Hall–Kier alpha value is -2.97. The molecule has 29 heavy (non-hydrogen) atoms. The van der Waals surface area contributed by atoms with Gasteiger partial charge in [-0.3, -0.25) is 0 Å². The first-order valence-electron chi connectivity index (χ1n) is 8.67. The van der Waals surface area contributed by atoms with Crippen molar-refractivity contribution >= 4 is 0 Å². The topological polar surface area (TPSA) is 60.7 Å². The predicted octanol–water partition coefficient (Wildman–Crippen LogP) is 6.04. The van der Waals surface area contributed by atoms with Crippen LogP contribution in [-0.4, -0.2) is 15.3 Å². The summed E-state index contributed by atoms with van der Waals surface area (Å²) in [5, 5.41) is 25.9. The minimum Gasteiger partial charge on any atom is -0.508 e. The fraction of sp³-hybridized carbons (Fsp3) is 0.